The van der Waals surface area contributed by atoms with E-state index in [1.54, 1.807) is 13.0 Å². The van der Waals surface area contributed by atoms with Crippen molar-refractivity contribution in [3.8, 4) is 11.5 Å². The molecule has 0 saturated heterocycles. The van der Waals surface area contributed by atoms with Crippen molar-refractivity contribution in [2.45, 2.75) is 17.4 Å². The van der Waals surface area contributed by atoms with E-state index in [-0.39, 0.29) is 11.4 Å². The third kappa shape index (κ3) is 3.66. The number of rotatable bonds is 5. The summed E-state index contributed by atoms with van der Waals surface area (Å²) in [7, 11) is -3.81. The van der Waals surface area contributed by atoms with Crippen LogP contribution in [0.3, 0.4) is 0 Å². The van der Waals surface area contributed by atoms with Crippen LogP contribution >= 0.6 is 11.3 Å². The highest BCUT2D eigenvalue weighted by molar-refractivity contribution is 7.89. The maximum Gasteiger partial charge on any atom is 0.240 e. The quantitative estimate of drug-likeness (QED) is 0.682. The zero-order valence-corrected chi connectivity index (χ0v) is 16.3. The lowest BCUT2D eigenvalue weighted by Gasteiger charge is -2.23. The molecule has 142 valence electrons. The minimum absolute atomic E-state index is 0.0684. The van der Waals surface area contributed by atoms with Crippen LogP contribution in [-0.2, 0) is 15.6 Å². The van der Waals surface area contributed by atoms with Crippen LogP contribution < -0.4 is 14.2 Å². The highest BCUT2D eigenvalue weighted by atomic mass is 32.2. The van der Waals surface area contributed by atoms with Crippen molar-refractivity contribution in [2.75, 3.05) is 19.8 Å². The Labute approximate surface area is 161 Å². The summed E-state index contributed by atoms with van der Waals surface area (Å²) in [6.07, 6.45) is 0. The largest absolute Gasteiger partial charge is 0.486 e. The van der Waals surface area contributed by atoms with Crippen molar-refractivity contribution in [1.82, 2.24) is 4.72 Å². The second-order valence-electron chi connectivity index (χ2n) is 6.55. The Hall–Kier alpha value is -2.13. The van der Waals surface area contributed by atoms with E-state index in [1.165, 1.54) is 23.5 Å². The van der Waals surface area contributed by atoms with Gasteiger partial charge in [0.15, 0.2) is 11.5 Å². The molecule has 1 unspecified atom stereocenters. The van der Waals surface area contributed by atoms with Crippen LogP contribution in [0.1, 0.15) is 11.8 Å². The Kier molecular flexibility index (Phi) is 4.59. The molecule has 1 aliphatic rings. The zero-order valence-electron chi connectivity index (χ0n) is 14.6. The number of hydrogen-bond acceptors (Lipinski definition) is 6. The molecule has 0 amide bonds. The Bertz CT molecular complexity index is 1060. The number of thiophene rings is 1. The summed E-state index contributed by atoms with van der Waals surface area (Å²) in [4.78, 5) is 0.771. The molecule has 6 nitrogen and oxygen atoms in total. The van der Waals surface area contributed by atoms with Gasteiger partial charge in [-0.05, 0) is 36.6 Å². The van der Waals surface area contributed by atoms with E-state index in [0.717, 1.165) is 10.1 Å². The van der Waals surface area contributed by atoms with Crippen LogP contribution in [0.4, 0.5) is 0 Å². The Morgan fingerprint density at radius 2 is 1.85 bits per heavy atom. The minimum atomic E-state index is -3.81. The van der Waals surface area contributed by atoms with Gasteiger partial charge in [0.2, 0.25) is 10.0 Å². The van der Waals surface area contributed by atoms with Gasteiger partial charge in [-0.15, -0.1) is 11.3 Å². The molecule has 4 rings (SSSR count). The predicted octanol–water partition coefficient (Wildman–Crippen LogP) is 2.86. The van der Waals surface area contributed by atoms with Crippen LogP contribution in [0.2, 0.25) is 0 Å². The van der Waals surface area contributed by atoms with Gasteiger partial charge in [-0.1, -0.05) is 18.2 Å². The van der Waals surface area contributed by atoms with Crippen molar-refractivity contribution in [1.29, 1.82) is 0 Å². The van der Waals surface area contributed by atoms with Crippen molar-refractivity contribution in [3.63, 3.8) is 0 Å². The Morgan fingerprint density at radius 1 is 1.11 bits per heavy atom. The maximum absolute atomic E-state index is 12.7. The number of ether oxygens (including phenoxy) is 2. The summed E-state index contributed by atoms with van der Waals surface area (Å²) in [5.41, 5.74) is -1.33. The molecule has 2 N–H and O–H groups in total. The number of sulfonamides is 1. The molecule has 0 bridgehead atoms. The molecule has 2 heterocycles. The standard InChI is InChI=1S/C19H19NO5S2/c1-19(21,18-10-13-4-2-3-5-17(13)26-18)12-20-27(22,23)14-6-7-15-16(11-14)25-9-8-24-15/h2-7,10-11,20-21H,8-9,12H2,1H3. The lowest BCUT2D eigenvalue weighted by molar-refractivity contribution is 0.0666. The van der Waals surface area contributed by atoms with Gasteiger partial charge in [-0.3, -0.25) is 0 Å². The number of aliphatic hydroxyl groups is 1. The van der Waals surface area contributed by atoms with E-state index in [2.05, 4.69) is 4.72 Å². The Morgan fingerprint density at radius 3 is 2.63 bits per heavy atom. The first kappa shape index (κ1) is 18.2. The summed E-state index contributed by atoms with van der Waals surface area (Å²) in [6.45, 7) is 2.28. The van der Waals surface area contributed by atoms with E-state index < -0.39 is 15.6 Å². The smallest absolute Gasteiger partial charge is 0.240 e. The highest BCUT2D eigenvalue weighted by Gasteiger charge is 2.28. The van der Waals surface area contributed by atoms with Gasteiger partial charge in [0.25, 0.3) is 0 Å². The van der Waals surface area contributed by atoms with Crippen molar-refractivity contribution in [3.05, 3.63) is 53.4 Å². The highest BCUT2D eigenvalue weighted by Crippen LogP contribution is 2.34. The molecular weight excluding hydrogens is 386 g/mol. The van der Waals surface area contributed by atoms with E-state index in [9.17, 15) is 13.5 Å². The molecule has 0 fully saturated rings. The van der Waals surface area contributed by atoms with Gasteiger partial charge in [-0.25, -0.2) is 13.1 Å². The van der Waals surface area contributed by atoms with Gasteiger partial charge in [-0.2, -0.15) is 0 Å². The summed E-state index contributed by atoms with van der Waals surface area (Å²) < 4.78 is 39.7. The van der Waals surface area contributed by atoms with Gasteiger partial charge in [0.05, 0.1) is 4.90 Å². The van der Waals surface area contributed by atoms with Crippen molar-refractivity contribution in [2.24, 2.45) is 0 Å². The van der Waals surface area contributed by atoms with Crippen LogP contribution in [0.15, 0.2) is 53.4 Å². The zero-order chi connectivity index (χ0) is 19.1. The molecule has 2 aromatic carbocycles. The average molecular weight is 405 g/mol. The lowest BCUT2D eigenvalue weighted by atomic mass is 10.1. The summed E-state index contributed by atoms with van der Waals surface area (Å²) >= 11 is 1.45. The Balaban J connectivity index is 1.54. The molecule has 0 aliphatic carbocycles. The number of hydrogen-bond donors (Lipinski definition) is 2. The molecule has 0 spiro atoms. The fourth-order valence-electron chi connectivity index (χ4n) is 2.84. The molecule has 1 atom stereocenters. The molecule has 1 aromatic heterocycles. The van der Waals surface area contributed by atoms with Crippen LogP contribution in [-0.4, -0.2) is 33.3 Å². The first-order valence-corrected chi connectivity index (χ1v) is 10.8. The lowest BCUT2D eigenvalue weighted by Crippen LogP contribution is -2.38. The molecule has 1 aliphatic heterocycles. The van der Waals surface area contributed by atoms with Crippen molar-refractivity contribution < 1.29 is 23.0 Å². The molecule has 27 heavy (non-hydrogen) atoms. The van der Waals surface area contributed by atoms with Crippen LogP contribution in [0.25, 0.3) is 10.1 Å². The van der Waals surface area contributed by atoms with Crippen molar-refractivity contribution >= 4 is 31.4 Å². The number of nitrogens with one attached hydrogen (secondary N) is 1. The number of fused-ring (bicyclic) bond motifs is 2. The second kappa shape index (κ2) is 6.79. The molecule has 3 aromatic rings. The van der Waals surface area contributed by atoms with Crippen LogP contribution in [0, 0.1) is 0 Å². The first-order valence-electron chi connectivity index (χ1n) is 8.46. The molecule has 0 radical (unpaired) electrons. The third-order valence-electron chi connectivity index (χ3n) is 4.39. The normalized spacial score (nSPS) is 16.2. The van der Waals surface area contributed by atoms with E-state index in [1.807, 2.05) is 30.3 Å². The van der Waals surface area contributed by atoms with Gasteiger partial charge >= 0.3 is 0 Å². The van der Waals surface area contributed by atoms with Gasteiger partial charge in [0.1, 0.15) is 18.8 Å². The fourth-order valence-corrected chi connectivity index (χ4v) is 5.10. The summed E-state index contributed by atoms with van der Waals surface area (Å²) in [5, 5.41) is 11.8. The van der Waals surface area contributed by atoms with Crippen LogP contribution in [0.5, 0.6) is 11.5 Å². The third-order valence-corrected chi connectivity index (χ3v) is 7.15. The average Bonchev–Trinajstić information content (AvgIpc) is 3.11. The summed E-state index contributed by atoms with van der Waals surface area (Å²) in [6, 6.07) is 14.2. The number of benzene rings is 2. The van der Waals surface area contributed by atoms with E-state index in [4.69, 9.17) is 9.47 Å². The topological polar surface area (TPSA) is 84.9 Å². The summed E-state index contributed by atoms with van der Waals surface area (Å²) in [5.74, 6) is 0.929. The van der Waals surface area contributed by atoms with Gasteiger partial charge in [0, 0.05) is 22.2 Å². The second-order valence-corrected chi connectivity index (χ2v) is 9.40. The monoisotopic (exact) mass is 405 g/mol. The molecule has 8 heteroatoms. The molecule has 0 saturated carbocycles. The van der Waals surface area contributed by atoms with E-state index in [0.29, 0.717) is 29.6 Å². The first-order chi connectivity index (χ1) is 12.9. The van der Waals surface area contributed by atoms with Gasteiger partial charge < -0.3 is 14.6 Å². The fraction of sp³-hybridized carbons (Fsp3) is 0.263. The predicted molar refractivity (Wildman–Crippen MR) is 104 cm³/mol. The van der Waals surface area contributed by atoms with E-state index >= 15 is 0 Å². The maximum atomic E-state index is 12.7. The molecular formula is C19H19NO5S2. The minimum Gasteiger partial charge on any atom is -0.486 e. The SMILES string of the molecule is CC(O)(CNS(=O)(=O)c1ccc2c(c1)OCCO2)c1cc2ccccc2s1.